The molecule has 0 heterocycles. The van der Waals surface area contributed by atoms with Gasteiger partial charge in [-0.15, -0.1) is 0 Å². The molecule has 0 radical (unpaired) electrons. The Balaban J connectivity index is 1.76. The van der Waals surface area contributed by atoms with Crippen LogP contribution in [-0.2, 0) is 6.42 Å². The number of hydrogen-bond donors (Lipinski definition) is 0. The molecule has 0 N–H and O–H groups in total. The van der Waals surface area contributed by atoms with Gasteiger partial charge >= 0.3 is 0 Å². The smallest absolute Gasteiger partial charge is 0.0411 e. The van der Waals surface area contributed by atoms with Crippen molar-refractivity contribution in [2.24, 2.45) is 0 Å². The van der Waals surface area contributed by atoms with Crippen molar-refractivity contribution in [3.05, 3.63) is 121 Å². The van der Waals surface area contributed by atoms with Crippen LogP contribution in [0, 0.1) is 0 Å². The molecule has 0 atom stereocenters. The summed E-state index contributed by atoms with van der Waals surface area (Å²) in [6.07, 6.45) is 9.04. The van der Waals surface area contributed by atoms with Gasteiger partial charge in [-0.25, -0.2) is 0 Å². The molecule has 0 saturated carbocycles. The van der Waals surface area contributed by atoms with Crippen LogP contribution in [0.15, 0.2) is 115 Å². The van der Waals surface area contributed by atoms with Crippen molar-refractivity contribution in [2.45, 2.75) is 20.3 Å². The Kier molecular flexibility index (Phi) is 7.24. The molecule has 0 fully saturated rings. The van der Waals surface area contributed by atoms with Crippen molar-refractivity contribution in [1.82, 2.24) is 0 Å². The predicted octanol–water partition coefficient (Wildman–Crippen LogP) is 7.74. The van der Waals surface area contributed by atoms with E-state index in [1.807, 2.05) is 13.0 Å². The largest absolute Gasteiger partial charge is 0.342 e. The molecule has 0 aromatic heterocycles. The van der Waals surface area contributed by atoms with Crippen molar-refractivity contribution in [2.75, 3.05) is 11.4 Å². The van der Waals surface area contributed by atoms with Gasteiger partial charge in [0, 0.05) is 17.9 Å². The third kappa shape index (κ3) is 5.36. The van der Waals surface area contributed by atoms with Gasteiger partial charge in [0.2, 0.25) is 0 Å². The fourth-order valence-corrected chi connectivity index (χ4v) is 3.55. The van der Waals surface area contributed by atoms with Crippen LogP contribution in [0.4, 0.5) is 11.4 Å². The summed E-state index contributed by atoms with van der Waals surface area (Å²) < 4.78 is 0. The van der Waals surface area contributed by atoms with Crippen LogP contribution in [0.2, 0.25) is 0 Å². The molecule has 3 aromatic rings. The second kappa shape index (κ2) is 10.3. The van der Waals surface area contributed by atoms with Crippen LogP contribution >= 0.6 is 0 Å². The van der Waals surface area contributed by atoms with Crippen LogP contribution in [0.5, 0.6) is 0 Å². The highest BCUT2D eigenvalue weighted by molar-refractivity contribution is 5.70. The lowest BCUT2D eigenvalue weighted by molar-refractivity contribution is 1.02. The normalized spacial score (nSPS) is 11.6. The molecule has 0 unspecified atom stereocenters. The van der Waals surface area contributed by atoms with E-state index in [1.54, 1.807) is 0 Å². The molecule has 0 bridgehead atoms. The van der Waals surface area contributed by atoms with Gasteiger partial charge in [0.15, 0.2) is 0 Å². The van der Waals surface area contributed by atoms with Gasteiger partial charge in [-0.05, 0) is 66.8 Å². The number of anilines is 2. The minimum absolute atomic E-state index is 0.915. The summed E-state index contributed by atoms with van der Waals surface area (Å²) in [4.78, 5) is 2.32. The van der Waals surface area contributed by atoms with Crippen molar-refractivity contribution < 1.29 is 0 Å². The molecule has 0 aliphatic carbocycles. The summed E-state index contributed by atoms with van der Waals surface area (Å²) in [6, 6.07) is 28.2. The Hall–Kier alpha value is -3.32. The highest BCUT2D eigenvalue weighted by Gasteiger charge is 2.07. The molecule has 3 rings (SSSR count). The van der Waals surface area contributed by atoms with Crippen LogP contribution in [-0.4, -0.2) is 6.54 Å². The quantitative estimate of drug-likeness (QED) is 0.362. The molecule has 1 heteroatoms. The minimum atomic E-state index is 0.915. The average molecular weight is 380 g/mol. The van der Waals surface area contributed by atoms with Crippen LogP contribution < -0.4 is 4.90 Å². The number of rotatable bonds is 8. The first-order valence-electron chi connectivity index (χ1n) is 10.2. The first-order valence-corrected chi connectivity index (χ1v) is 10.2. The third-order valence-electron chi connectivity index (χ3n) is 4.97. The van der Waals surface area contributed by atoms with Crippen LogP contribution in [0.25, 0.3) is 11.1 Å². The van der Waals surface area contributed by atoms with Crippen molar-refractivity contribution in [3.8, 4) is 11.1 Å². The summed E-state index contributed by atoms with van der Waals surface area (Å²) in [6.45, 7) is 8.97. The van der Waals surface area contributed by atoms with Gasteiger partial charge in [0.1, 0.15) is 0 Å². The second-order valence-electron chi connectivity index (χ2n) is 6.98. The van der Waals surface area contributed by atoms with Gasteiger partial charge in [0.05, 0.1) is 0 Å². The molecule has 0 aliphatic heterocycles. The third-order valence-corrected chi connectivity index (χ3v) is 4.97. The van der Waals surface area contributed by atoms with E-state index in [2.05, 4.69) is 115 Å². The maximum atomic E-state index is 3.81. The summed E-state index contributed by atoms with van der Waals surface area (Å²) in [5.74, 6) is 0. The fourth-order valence-electron chi connectivity index (χ4n) is 3.55. The molecule has 3 aromatic carbocycles. The van der Waals surface area contributed by atoms with E-state index in [9.17, 15) is 0 Å². The molecule has 0 amide bonds. The van der Waals surface area contributed by atoms with Crippen molar-refractivity contribution in [1.29, 1.82) is 0 Å². The molecular weight excluding hydrogens is 350 g/mol. The second-order valence-corrected chi connectivity index (χ2v) is 6.98. The lowest BCUT2D eigenvalue weighted by atomic mass is 9.99. The molecule has 146 valence electrons. The van der Waals surface area contributed by atoms with Gasteiger partial charge in [-0.2, -0.15) is 0 Å². The van der Waals surface area contributed by atoms with Crippen molar-refractivity contribution >= 4 is 11.4 Å². The molecule has 0 spiro atoms. The fraction of sp³-hybridized carbons (Fsp3) is 0.143. The summed E-state index contributed by atoms with van der Waals surface area (Å²) in [5.41, 5.74) is 7.47. The van der Waals surface area contributed by atoms with E-state index in [0.717, 1.165) is 13.0 Å². The first-order chi connectivity index (χ1) is 14.2. The minimum Gasteiger partial charge on any atom is -0.342 e. The van der Waals surface area contributed by atoms with Gasteiger partial charge in [-0.1, -0.05) is 85.5 Å². The van der Waals surface area contributed by atoms with Gasteiger partial charge in [-0.3, -0.25) is 0 Å². The Morgan fingerprint density at radius 2 is 1.41 bits per heavy atom. The number of para-hydroxylation sites is 1. The zero-order valence-corrected chi connectivity index (χ0v) is 17.4. The lowest BCUT2D eigenvalue weighted by Crippen LogP contribution is -2.15. The van der Waals surface area contributed by atoms with E-state index in [-0.39, 0.29) is 0 Å². The molecule has 29 heavy (non-hydrogen) atoms. The Morgan fingerprint density at radius 1 is 0.828 bits per heavy atom. The number of nitrogens with zero attached hydrogens (tertiary/aromatic N) is 1. The molecule has 0 saturated heterocycles. The van der Waals surface area contributed by atoms with E-state index < -0.39 is 0 Å². The van der Waals surface area contributed by atoms with E-state index in [1.165, 1.54) is 33.6 Å². The Bertz CT molecular complexity index is 961. The van der Waals surface area contributed by atoms with E-state index in [0.29, 0.717) is 0 Å². The van der Waals surface area contributed by atoms with E-state index >= 15 is 0 Å². The SMILES string of the molecule is C=C/C=C(\C=C/C)Cc1ccc(-c2ccc(N(CC)c3ccccc3)cc2)cc1. The zero-order valence-electron chi connectivity index (χ0n) is 17.4. The van der Waals surface area contributed by atoms with Crippen LogP contribution in [0.1, 0.15) is 19.4 Å². The summed E-state index contributed by atoms with van der Waals surface area (Å²) >= 11 is 0. The predicted molar refractivity (Wildman–Crippen MR) is 128 cm³/mol. The zero-order chi connectivity index (χ0) is 20.5. The maximum absolute atomic E-state index is 3.81. The van der Waals surface area contributed by atoms with Crippen molar-refractivity contribution in [3.63, 3.8) is 0 Å². The first kappa shape index (κ1) is 20.4. The molecular formula is C28H29N. The average Bonchev–Trinajstić information content (AvgIpc) is 2.77. The monoisotopic (exact) mass is 379 g/mol. The lowest BCUT2D eigenvalue weighted by Gasteiger charge is -2.23. The highest BCUT2D eigenvalue weighted by atomic mass is 15.1. The number of allylic oxidation sites excluding steroid dienone is 5. The summed E-state index contributed by atoms with van der Waals surface area (Å²) in [7, 11) is 0. The Morgan fingerprint density at radius 3 is 1.97 bits per heavy atom. The standard InChI is InChI=1S/C28H29N/c1-4-10-23(11-5-2)22-24-14-16-25(17-15-24)26-18-20-28(21-19-26)29(6-3)27-12-8-7-9-13-27/h4-5,7-21H,1,6,22H2,2-3H3/b11-5-,23-10+. The topological polar surface area (TPSA) is 3.24 Å². The Labute approximate surface area is 175 Å². The molecule has 1 nitrogen and oxygen atoms in total. The number of hydrogen-bond acceptors (Lipinski definition) is 1. The summed E-state index contributed by atoms with van der Waals surface area (Å²) in [5, 5.41) is 0. The molecule has 0 aliphatic rings. The maximum Gasteiger partial charge on any atom is 0.0411 e. The number of benzene rings is 3. The highest BCUT2D eigenvalue weighted by Crippen LogP contribution is 2.28. The van der Waals surface area contributed by atoms with Gasteiger partial charge < -0.3 is 4.90 Å². The van der Waals surface area contributed by atoms with E-state index in [4.69, 9.17) is 0 Å². The van der Waals surface area contributed by atoms with Crippen LogP contribution in [0.3, 0.4) is 0 Å². The van der Waals surface area contributed by atoms with Gasteiger partial charge in [0.25, 0.3) is 0 Å².